The second kappa shape index (κ2) is 10.4. The first kappa shape index (κ1) is 23.9. The van der Waals surface area contributed by atoms with Gasteiger partial charge in [0.25, 0.3) is 0 Å². The third-order valence-corrected chi connectivity index (χ3v) is 5.24. The highest BCUT2D eigenvalue weighted by Gasteiger charge is 2.57. The lowest BCUT2D eigenvalue weighted by Crippen LogP contribution is -2.55. The van der Waals surface area contributed by atoms with E-state index in [9.17, 15) is 19.2 Å². The third-order valence-electron chi connectivity index (χ3n) is 5.24. The van der Waals surface area contributed by atoms with Gasteiger partial charge in [-0.3, -0.25) is 14.4 Å². The van der Waals surface area contributed by atoms with Gasteiger partial charge in [0, 0.05) is 5.92 Å². The van der Waals surface area contributed by atoms with Crippen molar-refractivity contribution < 1.29 is 33.4 Å². The van der Waals surface area contributed by atoms with E-state index in [1.807, 2.05) is 13.8 Å². The largest absolute Gasteiger partial charge is 0.466 e. The molecule has 8 nitrogen and oxygen atoms in total. The van der Waals surface area contributed by atoms with Crippen LogP contribution in [0.3, 0.4) is 0 Å². The predicted octanol–water partition coefficient (Wildman–Crippen LogP) is 1.85. The second-order valence-corrected chi connectivity index (χ2v) is 7.45. The summed E-state index contributed by atoms with van der Waals surface area (Å²) >= 11 is 0. The first-order valence-electron chi connectivity index (χ1n) is 9.95. The predicted molar refractivity (Wildman–Crippen MR) is 101 cm³/mol. The van der Waals surface area contributed by atoms with Gasteiger partial charge in [0.2, 0.25) is 5.91 Å². The SMILES string of the molecule is CCOC(=O)[C@H]1CC(NC(=O)[C@@H](C)C(C)C)(C(=O)OCC)C[C@H]1C(=O)OCC. The molecule has 1 aliphatic carbocycles. The molecule has 4 atom stereocenters. The quantitative estimate of drug-likeness (QED) is 0.465. The Labute approximate surface area is 166 Å². The molecule has 1 N–H and O–H groups in total. The van der Waals surface area contributed by atoms with Gasteiger partial charge in [-0.1, -0.05) is 20.8 Å². The number of amides is 1. The standard InChI is InChI=1S/C20H33NO7/c1-7-26-17(23)14-10-20(19(25)28-9-3,11-15(14)18(24)27-8-2)21-16(22)13(6)12(4)5/h12-15H,7-11H2,1-6H3,(H,21,22)/t13-,14-,15+,20?/m0/s1. The summed E-state index contributed by atoms with van der Waals surface area (Å²) in [6.45, 7) is 11.0. The van der Waals surface area contributed by atoms with E-state index in [4.69, 9.17) is 14.2 Å². The zero-order valence-electron chi connectivity index (χ0n) is 17.7. The molecular weight excluding hydrogens is 366 g/mol. The average molecular weight is 399 g/mol. The fraction of sp³-hybridized carbons (Fsp3) is 0.800. The van der Waals surface area contributed by atoms with Crippen LogP contribution in [0.4, 0.5) is 0 Å². The van der Waals surface area contributed by atoms with Crippen LogP contribution in [0.15, 0.2) is 0 Å². The summed E-state index contributed by atoms with van der Waals surface area (Å²) in [5, 5.41) is 2.78. The van der Waals surface area contributed by atoms with Crippen LogP contribution in [0.1, 0.15) is 54.4 Å². The number of ether oxygens (including phenoxy) is 3. The van der Waals surface area contributed by atoms with Gasteiger partial charge in [-0.25, -0.2) is 4.79 Å². The Morgan fingerprint density at radius 3 is 1.64 bits per heavy atom. The summed E-state index contributed by atoms with van der Waals surface area (Å²) < 4.78 is 15.4. The molecular formula is C20H33NO7. The molecule has 1 amide bonds. The van der Waals surface area contributed by atoms with Crippen molar-refractivity contribution >= 4 is 23.8 Å². The van der Waals surface area contributed by atoms with Crippen LogP contribution in [0.5, 0.6) is 0 Å². The Kier molecular flexibility index (Phi) is 8.91. The minimum Gasteiger partial charge on any atom is -0.466 e. The first-order valence-corrected chi connectivity index (χ1v) is 9.95. The van der Waals surface area contributed by atoms with Crippen molar-refractivity contribution in [1.29, 1.82) is 0 Å². The van der Waals surface area contributed by atoms with Gasteiger partial charge in [0.1, 0.15) is 5.54 Å². The van der Waals surface area contributed by atoms with E-state index in [0.717, 1.165) is 0 Å². The maximum atomic E-state index is 12.8. The van der Waals surface area contributed by atoms with Crippen LogP contribution < -0.4 is 5.32 Å². The monoisotopic (exact) mass is 399 g/mol. The van der Waals surface area contributed by atoms with E-state index in [1.54, 1.807) is 27.7 Å². The smallest absolute Gasteiger partial charge is 0.331 e. The van der Waals surface area contributed by atoms with E-state index in [0.29, 0.717) is 0 Å². The summed E-state index contributed by atoms with van der Waals surface area (Å²) in [7, 11) is 0. The van der Waals surface area contributed by atoms with Crippen molar-refractivity contribution in [1.82, 2.24) is 5.32 Å². The molecule has 1 fully saturated rings. The van der Waals surface area contributed by atoms with Crippen LogP contribution in [0.25, 0.3) is 0 Å². The van der Waals surface area contributed by atoms with Crippen molar-refractivity contribution in [2.24, 2.45) is 23.7 Å². The Morgan fingerprint density at radius 2 is 1.29 bits per heavy atom. The van der Waals surface area contributed by atoms with Crippen LogP contribution in [-0.4, -0.2) is 49.2 Å². The molecule has 0 aromatic carbocycles. The molecule has 8 heteroatoms. The van der Waals surface area contributed by atoms with Gasteiger partial charge in [0.15, 0.2) is 0 Å². The zero-order chi connectivity index (χ0) is 21.5. The second-order valence-electron chi connectivity index (χ2n) is 7.45. The van der Waals surface area contributed by atoms with E-state index >= 15 is 0 Å². The third kappa shape index (κ3) is 5.45. The van der Waals surface area contributed by atoms with Crippen molar-refractivity contribution in [3.05, 3.63) is 0 Å². The maximum absolute atomic E-state index is 12.8. The van der Waals surface area contributed by atoms with Gasteiger partial charge in [0.05, 0.1) is 31.7 Å². The Morgan fingerprint density at radius 1 is 0.857 bits per heavy atom. The molecule has 0 aromatic heterocycles. The highest BCUT2D eigenvalue weighted by Crippen LogP contribution is 2.42. The number of carbonyl (C=O) groups is 4. The number of hydrogen-bond donors (Lipinski definition) is 1. The Balaban J connectivity index is 3.26. The molecule has 0 aliphatic heterocycles. The normalized spacial score (nSPS) is 25.1. The lowest BCUT2D eigenvalue weighted by molar-refractivity contribution is -0.158. The fourth-order valence-electron chi connectivity index (χ4n) is 3.35. The fourth-order valence-corrected chi connectivity index (χ4v) is 3.35. The molecule has 0 heterocycles. The van der Waals surface area contributed by atoms with Crippen LogP contribution in [0, 0.1) is 23.7 Å². The Bertz CT molecular complexity index is 561. The van der Waals surface area contributed by atoms with Crippen LogP contribution in [-0.2, 0) is 33.4 Å². The first-order chi connectivity index (χ1) is 13.1. The molecule has 0 bridgehead atoms. The number of esters is 3. The number of hydrogen-bond acceptors (Lipinski definition) is 7. The van der Waals surface area contributed by atoms with Crippen LogP contribution in [0.2, 0.25) is 0 Å². The average Bonchev–Trinajstić information content (AvgIpc) is 3.02. The lowest BCUT2D eigenvalue weighted by Gasteiger charge is -2.30. The van der Waals surface area contributed by atoms with Gasteiger partial charge >= 0.3 is 17.9 Å². The lowest BCUT2D eigenvalue weighted by atomic mass is 9.91. The molecule has 160 valence electrons. The van der Waals surface area contributed by atoms with Crippen molar-refractivity contribution in [2.45, 2.75) is 59.9 Å². The van der Waals surface area contributed by atoms with Crippen molar-refractivity contribution in [3.63, 3.8) is 0 Å². The topological polar surface area (TPSA) is 108 Å². The van der Waals surface area contributed by atoms with Gasteiger partial charge in [-0.05, 0) is 39.5 Å². The molecule has 28 heavy (non-hydrogen) atoms. The van der Waals surface area contributed by atoms with Gasteiger partial charge in [-0.2, -0.15) is 0 Å². The summed E-state index contributed by atoms with van der Waals surface area (Å²) in [5.41, 5.74) is -1.47. The zero-order valence-corrected chi connectivity index (χ0v) is 17.7. The summed E-state index contributed by atoms with van der Waals surface area (Å²) in [4.78, 5) is 50.4. The molecule has 1 aliphatic rings. The van der Waals surface area contributed by atoms with E-state index < -0.39 is 35.3 Å². The van der Waals surface area contributed by atoms with E-state index in [2.05, 4.69) is 5.32 Å². The maximum Gasteiger partial charge on any atom is 0.331 e. The van der Waals surface area contributed by atoms with Gasteiger partial charge in [-0.15, -0.1) is 0 Å². The molecule has 1 saturated carbocycles. The molecule has 0 radical (unpaired) electrons. The van der Waals surface area contributed by atoms with Crippen molar-refractivity contribution in [2.75, 3.05) is 19.8 Å². The summed E-state index contributed by atoms with van der Waals surface area (Å²) in [5.74, 6) is -4.22. The summed E-state index contributed by atoms with van der Waals surface area (Å²) in [6.07, 6.45) is -0.130. The minimum absolute atomic E-state index is 0.0577. The van der Waals surface area contributed by atoms with E-state index in [1.165, 1.54) is 0 Å². The molecule has 0 spiro atoms. The number of carbonyl (C=O) groups excluding carboxylic acids is 4. The van der Waals surface area contributed by atoms with E-state index in [-0.39, 0.29) is 50.4 Å². The molecule has 0 saturated heterocycles. The minimum atomic E-state index is -1.47. The Hall–Kier alpha value is -2.12. The highest BCUT2D eigenvalue weighted by atomic mass is 16.5. The number of rotatable bonds is 9. The number of nitrogens with one attached hydrogen (secondary N) is 1. The van der Waals surface area contributed by atoms with Gasteiger partial charge < -0.3 is 19.5 Å². The molecule has 1 rings (SSSR count). The molecule has 1 unspecified atom stereocenters. The van der Waals surface area contributed by atoms with Crippen molar-refractivity contribution in [3.8, 4) is 0 Å². The summed E-state index contributed by atoms with van der Waals surface area (Å²) in [6, 6.07) is 0. The highest BCUT2D eigenvalue weighted by molar-refractivity contribution is 5.93. The molecule has 0 aromatic rings. The van der Waals surface area contributed by atoms with Crippen LogP contribution >= 0.6 is 0 Å².